The standard InChI is InChI=1S/C21H30N4O2.ClH/c1-14(2)18-7-6-17(12-15(18)3)27-16(4)21(26)25-11-8-22-13-19(25)20-23-9-10-24(20)5;/h6-7,9-10,12,14,16,19,22H,8,11,13H2,1-5H3;1H. The number of ether oxygens (including phenoxy) is 1. The van der Waals surface area contributed by atoms with Gasteiger partial charge in [0.05, 0.1) is 0 Å². The van der Waals surface area contributed by atoms with E-state index in [0.717, 1.165) is 18.1 Å². The Kier molecular flexibility index (Phi) is 7.49. The van der Waals surface area contributed by atoms with E-state index in [9.17, 15) is 4.79 Å². The summed E-state index contributed by atoms with van der Waals surface area (Å²) in [5, 5.41) is 3.36. The van der Waals surface area contributed by atoms with Crippen molar-refractivity contribution in [3.05, 3.63) is 47.5 Å². The van der Waals surface area contributed by atoms with Gasteiger partial charge in [0.25, 0.3) is 5.91 Å². The number of nitrogens with one attached hydrogen (secondary N) is 1. The van der Waals surface area contributed by atoms with Gasteiger partial charge in [-0.15, -0.1) is 12.4 Å². The van der Waals surface area contributed by atoms with Crippen molar-refractivity contribution in [2.24, 2.45) is 7.05 Å². The number of carbonyl (C=O) groups excluding carboxylic acids is 1. The predicted octanol–water partition coefficient (Wildman–Crippen LogP) is 3.21. The number of aryl methyl sites for hydroxylation is 2. The van der Waals surface area contributed by atoms with E-state index in [-0.39, 0.29) is 24.4 Å². The molecule has 1 aliphatic heterocycles. The lowest BCUT2D eigenvalue weighted by Gasteiger charge is -2.37. The molecule has 1 saturated heterocycles. The Morgan fingerprint density at radius 1 is 1.32 bits per heavy atom. The van der Waals surface area contributed by atoms with Crippen molar-refractivity contribution < 1.29 is 9.53 Å². The number of nitrogens with zero attached hydrogens (tertiary/aromatic N) is 3. The second-order valence-corrected chi connectivity index (χ2v) is 7.58. The third-order valence-electron chi connectivity index (χ3n) is 5.21. The van der Waals surface area contributed by atoms with Gasteiger partial charge in [-0.25, -0.2) is 4.98 Å². The molecular formula is C21H31ClN4O2. The molecule has 3 rings (SSSR count). The Balaban J connectivity index is 0.00000280. The van der Waals surface area contributed by atoms with Crippen LogP contribution in [0.25, 0.3) is 0 Å². The first-order valence-electron chi connectivity index (χ1n) is 9.64. The summed E-state index contributed by atoms with van der Waals surface area (Å²) in [5.41, 5.74) is 2.49. The molecule has 2 aromatic rings. The zero-order chi connectivity index (χ0) is 19.6. The summed E-state index contributed by atoms with van der Waals surface area (Å²) in [5.74, 6) is 2.09. The highest BCUT2D eigenvalue weighted by Crippen LogP contribution is 2.26. The normalized spacial score (nSPS) is 17.9. The van der Waals surface area contributed by atoms with Crippen molar-refractivity contribution in [1.82, 2.24) is 19.8 Å². The molecule has 0 saturated carbocycles. The fraction of sp³-hybridized carbons (Fsp3) is 0.524. The number of benzene rings is 1. The second-order valence-electron chi connectivity index (χ2n) is 7.58. The van der Waals surface area contributed by atoms with Gasteiger partial charge < -0.3 is 19.5 Å². The highest BCUT2D eigenvalue weighted by Gasteiger charge is 2.33. The Labute approximate surface area is 173 Å². The van der Waals surface area contributed by atoms with Crippen molar-refractivity contribution in [1.29, 1.82) is 0 Å². The van der Waals surface area contributed by atoms with E-state index < -0.39 is 6.10 Å². The number of hydrogen-bond acceptors (Lipinski definition) is 4. The summed E-state index contributed by atoms with van der Waals surface area (Å²) in [7, 11) is 1.96. The molecule has 0 aliphatic carbocycles. The van der Waals surface area contributed by atoms with E-state index in [4.69, 9.17) is 4.74 Å². The number of imidazole rings is 1. The summed E-state index contributed by atoms with van der Waals surface area (Å²) in [6.45, 7) is 10.4. The zero-order valence-corrected chi connectivity index (χ0v) is 18.1. The Morgan fingerprint density at radius 3 is 2.68 bits per heavy atom. The van der Waals surface area contributed by atoms with Crippen LogP contribution < -0.4 is 10.1 Å². The lowest BCUT2D eigenvalue weighted by atomic mass is 9.98. The van der Waals surface area contributed by atoms with Crippen molar-refractivity contribution in [3.63, 3.8) is 0 Å². The monoisotopic (exact) mass is 406 g/mol. The van der Waals surface area contributed by atoms with Crippen molar-refractivity contribution in [2.75, 3.05) is 19.6 Å². The van der Waals surface area contributed by atoms with Gasteiger partial charge >= 0.3 is 0 Å². The highest BCUT2D eigenvalue weighted by molar-refractivity contribution is 5.85. The molecule has 2 atom stereocenters. The van der Waals surface area contributed by atoms with Crippen LogP contribution in [0.2, 0.25) is 0 Å². The summed E-state index contributed by atoms with van der Waals surface area (Å²) in [6, 6.07) is 5.99. The number of aromatic nitrogens is 2. The van der Waals surface area contributed by atoms with Crippen molar-refractivity contribution in [2.45, 2.75) is 45.8 Å². The van der Waals surface area contributed by atoms with Crippen LogP contribution in [-0.2, 0) is 11.8 Å². The van der Waals surface area contributed by atoms with Crippen LogP contribution in [0.1, 0.15) is 49.7 Å². The van der Waals surface area contributed by atoms with Gasteiger partial charge in [-0.05, 0) is 43.0 Å². The number of piperazine rings is 1. The smallest absolute Gasteiger partial charge is 0.264 e. The second kappa shape index (κ2) is 9.43. The molecule has 1 aromatic heterocycles. The van der Waals surface area contributed by atoms with Gasteiger partial charge in [-0.2, -0.15) is 0 Å². The maximum atomic E-state index is 13.1. The van der Waals surface area contributed by atoms with Crippen LogP contribution >= 0.6 is 12.4 Å². The molecule has 154 valence electrons. The maximum Gasteiger partial charge on any atom is 0.264 e. The van der Waals surface area contributed by atoms with E-state index in [2.05, 4.69) is 37.1 Å². The third-order valence-corrected chi connectivity index (χ3v) is 5.21. The molecular weight excluding hydrogens is 376 g/mol. The number of carbonyl (C=O) groups is 1. The fourth-order valence-electron chi connectivity index (χ4n) is 3.75. The fourth-order valence-corrected chi connectivity index (χ4v) is 3.75. The minimum atomic E-state index is -0.546. The first-order chi connectivity index (χ1) is 12.9. The third kappa shape index (κ3) is 4.67. The van der Waals surface area contributed by atoms with Gasteiger partial charge in [0.15, 0.2) is 6.10 Å². The van der Waals surface area contributed by atoms with Crippen LogP contribution in [0, 0.1) is 6.92 Å². The van der Waals surface area contributed by atoms with Crippen LogP contribution in [-0.4, -0.2) is 46.1 Å². The largest absolute Gasteiger partial charge is 0.481 e. The summed E-state index contributed by atoms with van der Waals surface area (Å²) >= 11 is 0. The molecule has 1 aromatic carbocycles. The molecule has 0 radical (unpaired) electrons. The van der Waals surface area contributed by atoms with Gasteiger partial charge in [-0.3, -0.25) is 4.79 Å². The van der Waals surface area contributed by atoms with Crippen LogP contribution in [0.5, 0.6) is 5.75 Å². The van der Waals surface area contributed by atoms with E-state index in [1.54, 1.807) is 6.20 Å². The van der Waals surface area contributed by atoms with E-state index in [1.165, 1.54) is 11.1 Å². The minimum Gasteiger partial charge on any atom is -0.481 e. The molecule has 1 amide bonds. The number of amides is 1. The topological polar surface area (TPSA) is 59.4 Å². The van der Waals surface area contributed by atoms with Gasteiger partial charge in [0, 0.05) is 39.1 Å². The average Bonchev–Trinajstić information content (AvgIpc) is 3.06. The predicted molar refractivity (Wildman–Crippen MR) is 113 cm³/mol. The quantitative estimate of drug-likeness (QED) is 0.828. The molecule has 0 bridgehead atoms. The van der Waals surface area contributed by atoms with Gasteiger partial charge in [-0.1, -0.05) is 19.9 Å². The lowest BCUT2D eigenvalue weighted by Crippen LogP contribution is -2.52. The Hall–Kier alpha value is -2.05. The molecule has 28 heavy (non-hydrogen) atoms. The summed E-state index contributed by atoms with van der Waals surface area (Å²) in [4.78, 5) is 19.4. The highest BCUT2D eigenvalue weighted by atomic mass is 35.5. The molecule has 1 N–H and O–H groups in total. The minimum absolute atomic E-state index is 0. The van der Waals surface area contributed by atoms with Gasteiger partial charge in [0.2, 0.25) is 0 Å². The number of rotatable bonds is 5. The molecule has 7 heteroatoms. The SMILES string of the molecule is Cc1cc(OC(C)C(=O)N2CCNCC2c2nccn2C)ccc1C(C)C.Cl. The molecule has 1 fully saturated rings. The summed E-state index contributed by atoms with van der Waals surface area (Å²) in [6.07, 6.45) is 3.13. The van der Waals surface area contributed by atoms with E-state index >= 15 is 0 Å². The maximum absolute atomic E-state index is 13.1. The van der Waals surface area contributed by atoms with Crippen LogP contribution in [0.4, 0.5) is 0 Å². The number of hydrogen-bond donors (Lipinski definition) is 1. The Bertz CT molecular complexity index is 805. The van der Waals surface area contributed by atoms with E-state index in [1.807, 2.05) is 41.8 Å². The van der Waals surface area contributed by atoms with Crippen LogP contribution in [0.15, 0.2) is 30.6 Å². The lowest BCUT2D eigenvalue weighted by molar-refractivity contribution is -0.141. The van der Waals surface area contributed by atoms with Crippen molar-refractivity contribution >= 4 is 18.3 Å². The molecule has 1 aliphatic rings. The van der Waals surface area contributed by atoms with Gasteiger partial charge in [0.1, 0.15) is 17.6 Å². The first kappa shape index (κ1) is 22.2. The number of halogens is 1. The molecule has 2 unspecified atom stereocenters. The summed E-state index contributed by atoms with van der Waals surface area (Å²) < 4.78 is 7.97. The van der Waals surface area contributed by atoms with Crippen molar-refractivity contribution in [3.8, 4) is 5.75 Å². The van der Waals surface area contributed by atoms with Crippen LogP contribution in [0.3, 0.4) is 0 Å². The zero-order valence-electron chi connectivity index (χ0n) is 17.3. The molecule has 0 spiro atoms. The first-order valence-corrected chi connectivity index (χ1v) is 9.64. The van der Waals surface area contributed by atoms with E-state index in [0.29, 0.717) is 19.0 Å². The average molecular weight is 407 g/mol. The molecule has 2 heterocycles. The molecule has 6 nitrogen and oxygen atoms in total. The Morgan fingerprint density at radius 2 is 2.07 bits per heavy atom.